The smallest absolute Gasteiger partial charge is 0.383 e. The zero-order chi connectivity index (χ0) is 14.2. The predicted octanol–water partition coefficient (Wildman–Crippen LogP) is 4.16. The Balaban J connectivity index is 2.37. The van der Waals surface area contributed by atoms with Crippen LogP contribution in [-0.4, -0.2) is 10.1 Å². The second kappa shape index (κ2) is 5.37. The molecule has 19 heavy (non-hydrogen) atoms. The van der Waals surface area contributed by atoms with Gasteiger partial charge in [-0.05, 0) is 40.6 Å². The number of hydrogen-bond acceptors (Lipinski definition) is 3. The summed E-state index contributed by atoms with van der Waals surface area (Å²) in [5, 5.41) is 9.23. The van der Waals surface area contributed by atoms with Crippen LogP contribution in [0.1, 0.15) is 27.1 Å². The first-order valence-corrected chi connectivity index (χ1v) is 7.16. The number of aliphatic hydroxyl groups excluding tert-OH is 1. The van der Waals surface area contributed by atoms with Crippen LogP contribution in [0.5, 0.6) is 0 Å². The average molecular weight is 399 g/mol. The second-order valence-electron chi connectivity index (χ2n) is 3.95. The van der Waals surface area contributed by atoms with E-state index in [-0.39, 0.29) is 4.88 Å². The fourth-order valence-corrected chi connectivity index (χ4v) is 3.02. The van der Waals surface area contributed by atoms with Gasteiger partial charge < -0.3 is 5.11 Å². The van der Waals surface area contributed by atoms with Gasteiger partial charge in [0.1, 0.15) is 6.10 Å². The lowest BCUT2D eigenvalue weighted by molar-refractivity contribution is -0.137. The summed E-state index contributed by atoms with van der Waals surface area (Å²) >= 11 is 2.54. The molecule has 2 rings (SSSR count). The molecule has 0 aliphatic rings. The van der Waals surface area contributed by atoms with Crippen LogP contribution in [0, 0.1) is 10.5 Å². The normalized spacial score (nSPS) is 13.6. The number of benzene rings is 1. The van der Waals surface area contributed by atoms with Crippen LogP contribution in [0.25, 0.3) is 0 Å². The molecule has 1 aromatic carbocycles. The molecule has 1 atom stereocenters. The van der Waals surface area contributed by atoms with Crippen LogP contribution < -0.4 is 0 Å². The molecule has 0 amide bonds. The van der Waals surface area contributed by atoms with E-state index < -0.39 is 17.3 Å². The number of hydrogen-bond donors (Lipinski definition) is 1. The fourth-order valence-electron chi connectivity index (χ4n) is 1.58. The number of halogens is 4. The third-order valence-electron chi connectivity index (χ3n) is 2.55. The van der Waals surface area contributed by atoms with Crippen molar-refractivity contribution in [1.82, 2.24) is 4.98 Å². The van der Waals surface area contributed by atoms with E-state index in [0.29, 0.717) is 16.9 Å². The molecule has 0 saturated carbocycles. The van der Waals surface area contributed by atoms with E-state index in [1.165, 1.54) is 0 Å². The molecule has 0 fully saturated rings. The number of alkyl halides is 3. The molecule has 1 heterocycles. The van der Waals surface area contributed by atoms with Gasteiger partial charge in [-0.3, -0.25) is 0 Å². The molecule has 0 radical (unpaired) electrons. The zero-order valence-corrected chi connectivity index (χ0v) is 12.7. The largest absolute Gasteiger partial charge is 0.443 e. The van der Waals surface area contributed by atoms with Crippen LogP contribution in [0.15, 0.2) is 24.4 Å². The van der Waals surface area contributed by atoms with Gasteiger partial charge in [0.05, 0.1) is 4.88 Å². The summed E-state index contributed by atoms with van der Waals surface area (Å²) in [5.41, 5.74) is 1.57. The van der Waals surface area contributed by atoms with Gasteiger partial charge in [-0.2, -0.15) is 13.2 Å². The number of aliphatic hydroxyl groups is 1. The maximum atomic E-state index is 12.5. The van der Waals surface area contributed by atoms with Gasteiger partial charge in [-0.25, -0.2) is 4.98 Å². The highest BCUT2D eigenvalue weighted by Crippen LogP contribution is 2.37. The van der Waals surface area contributed by atoms with Crippen molar-refractivity contribution < 1.29 is 18.3 Å². The number of aryl methyl sites for hydroxylation is 1. The maximum Gasteiger partial charge on any atom is 0.443 e. The summed E-state index contributed by atoms with van der Waals surface area (Å²) in [6.45, 7) is 1.88. The van der Waals surface area contributed by atoms with Gasteiger partial charge in [0.15, 0.2) is 5.01 Å². The molecule has 2 nitrogen and oxygen atoms in total. The van der Waals surface area contributed by atoms with E-state index in [9.17, 15) is 18.3 Å². The number of nitrogens with zero attached hydrogens (tertiary/aromatic N) is 1. The molecule has 102 valence electrons. The van der Waals surface area contributed by atoms with Crippen LogP contribution in [0.2, 0.25) is 0 Å². The second-order valence-corrected chi connectivity index (χ2v) is 6.09. The molecule has 1 unspecified atom stereocenters. The molecule has 0 saturated heterocycles. The Labute approximate surface area is 125 Å². The van der Waals surface area contributed by atoms with Gasteiger partial charge >= 0.3 is 6.18 Å². The minimum atomic E-state index is -4.47. The Bertz CT molecular complexity index is 597. The third kappa shape index (κ3) is 3.09. The first-order valence-electron chi connectivity index (χ1n) is 5.26. The molecule has 0 spiro atoms. The fraction of sp³-hybridized carbons (Fsp3) is 0.250. The number of aromatic nitrogens is 1. The molecule has 7 heteroatoms. The first-order chi connectivity index (χ1) is 8.80. The van der Waals surface area contributed by atoms with Crippen molar-refractivity contribution in [3.8, 4) is 0 Å². The molecule has 1 N–H and O–H groups in total. The van der Waals surface area contributed by atoms with Crippen LogP contribution in [0.3, 0.4) is 0 Å². The summed E-state index contributed by atoms with van der Waals surface area (Å²) < 4.78 is 38.3. The van der Waals surface area contributed by atoms with Crippen molar-refractivity contribution in [2.24, 2.45) is 0 Å². The van der Waals surface area contributed by atoms with Gasteiger partial charge in [-0.1, -0.05) is 18.2 Å². The standard InChI is InChI=1S/C12H9F3INOS/c1-6-3-2-4-7(9(6)16)10(18)8-5-17-11(19-8)12(13,14)15/h2-5,10,18H,1H3. The summed E-state index contributed by atoms with van der Waals surface area (Å²) in [6, 6.07) is 5.35. The Morgan fingerprint density at radius 2 is 2.05 bits per heavy atom. The number of rotatable bonds is 2. The lowest BCUT2D eigenvalue weighted by atomic mass is 10.1. The van der Waals surface area contributed by atoms with E-state index in [4.69, 9.17) is 0 Å². The molecule has 0 bridgehead atoms. The van der Waals surface area contributed by atoms with Crippen molar-refractivity contribution in [2.75, 3.05) is 0 Å². The predicted molar refractivity (Wildman–Crippen MR) is 75.1 cm³/mol. The quantitative estimate of drug-likeness (QED) is 0.770. The molecule has 1 aromatic heterocycles. The Morgan fingerprint density at radius 1 is 1.37 bits per heavy atom. The van der Waals surface area contributed by atoms with Crippen molar-refractivity contribution in [3.05, 3.63) is 49.0 Å². The van der Waals surface area contributed by atoms with Crippen molar-refractivity contribution in [3.63, 3.8) is 0 Å². The topological polar surface area (TPSA) is 33.1 Å². The van der Waals surface area contributed by atoms with Crippen molar-refractivity contribution in [1.29, 1.82) is 0 Å². The monoisotopic (exact) mass is 399 g/mol. The minimum absolute atomic E-state index is 0.191. The SMILES string of the molecule is Cc1cccc(C(O)c2cnc(C(F)(F)F)s2)c1I. The molecule has 0 aliphatic heterocycles. The van der Waals surface area contributed by atoms with Crippen molar-refractivity contribution >= 4 is 33.9 Å². The van der Waals surface area contributed by atoms with Gasteiger partial charge in [0.2, 0.25) is 0 Å². The van der Waals surface area contributed by atoms with Crippen LogP contribution in [-0.2, 0) is 6.18 Å². The summed E-state index contributed by atoms with van der Waals surface area (Å²) in [4.78, 5) is 3.51. The molecular formula is C12H9F3INOS. The molecular weight excluding hydrogens is 390 g/mol. The lowest BCUT2D eigenvalue weighted by Crippen LogP contribution is -2.03. The Hall–Kier alpha value is -0.670. The van der Waals surface area contributed by atoms with Crippen LogP contribution in [0.4, 0.5) is 13.2 Å². The van der Waals surface area contributed by atoms with Gasteiger partial charge in [0.25, 0.3) is 0 Å². The van der Waals surface area contributed by atoms with Gasteiger partial charge in [-0.15, -0.1) is 11.3 Å². The van der Waals surface area contributed by atoms with Crippen molar-refractivity contribution in [2.45, 2.75) is 19.2 Å². The highest BCUT2D eigenvalue weighted by Gasteiger charge is 2.35. The van der Waals surface area contributed by atoms with Gasteiger partial charge in [0, 0.05) is 9.77 Å². The molecule has 0 aliphatic carbocycles. The summed E-state index contributed by atoms with van der Waals surface area (Å²) in [6.07, 6.45) is -4.47. The third-order valence-corrected chi connectivity index (χ3v) is 5.12. The average Bonchev–Trinajstić information content (AvgIpc) is 2.81. The highest BCUT2D eigenvalue weighted by atomic mass is 127. The van der Waals surface area contributed by atoms with E-state index in [1.54, 1.807) is 12.1 Å². The summed E-state index contributed by atoms with van der Waals surface area (Å²) in [5.74, 6) is 0. The summed E-state index contributed by atoms with van der Waals surface area (Å²) in [7, 11) is 0. The van der Waals surface area contributed by atoms with E-state index in [1.807, 2.05) is 13.0 Å². The number of thiazole rings is 1. The highest BCUT2D eigenvalue weighted by molar-refractivity contribution is 14.1. The minimum Gasteiger partial charge on any atom is -0.383 e. The maximum absolute atomic E-state index is 12.5. The van der Waals surface area contributed by atoms with E-state index in [2.05, 4.69) is 27.6 Å². The van der Waals surface area contributed by atoms with E-state index in [0.717, 1.165) is 15.3 Å². The zero-order valence-electron chi connectivity index (χ0n) is 9.70. The molecule has 2 aromatic rings. The lowest BCUT2D eigenvalue weighted by Gasteiger charge is -2.12. The Kier molecular flexibility index (Phi) is 4.17. The van der Waals surface area contributed by atoms with Crippen LogP contribution >= 0.6 is 33.9 Å². The van der Waals surface area contributed by atoms with E-state index >= 15 is 0 Å². The Morgan fingerprint density at radius 3 is 2.63 bits per heavy atom. The first kappa shape index (κ1) is 14.7.